The maximum absolute atomic E-state index is 14.0. The number of nitrogens with zero attached hydrogens (tertiary/aromatic N) is 3. The molecular formula is C37H55N4O4+. The molecule has 3 heterocycles. The van der Waals surface area contributed by atoms with Crippen LogP contribution in [0.1, 0.15) is 68.4 Å². The molecule has 3 aliphatic heterocycles. The van der Waals surface area contributed by atoms with Crippen LogP contribution in [0, 0.1) is 18.8 Å². The van der Waals surface area contributed by atoms with E-state index in [1.54, 1.807) is 0 Å². The van der Waals surface area contributed by atoms with Crippen molar-refractivity contribution in [1.29, 1.82) is 0 Å². The Bertz CT molecular complexity index is 1320. The van der Waals surface area contributed by atoms with Gasteiger partial charge in [0.2, 0.25) is 0 Å². The molecule has 8 nitrogen and oxygen atoms in total. The fourth-order valence-electron chi connectivity index (χ4n) is 7.67. The fourth-order valence-corrected chi connectivity index (χ4v) is 7.67. The summed E-state index contributed by atoms with van der Waals surface area (Å²) in [6.45, 7) is 18.6. The minimum Gasteiger partial charge on any atom is -0.381 e. The van der Waals surface area contributed by atoms with Gasteiger partial charge >= 0.3 is 5.91 Å². The lowest BCUT2D eigenvalue weighted by atomic mass is 9.81. The van der Waals surface area contributed by atoms with E-state index < -0.39 is 0 Å². The van der Waals surface area contributed by atoms with Crippen LogP contribution in [0.5, 0.6) is 0 Å². The van der Waals surface area contributed by atoms with Gasteiger partial charge in [-0.25, -0.2) is 4.79 Å². The van der Waals surface area contributed by atoms with Crippen molar-refractivity contribution >= 4 is 17.5 Å². The Hall–Kier alpha value is -2.78. The standard InChI is InChI=1S/C37H54N4O4/c1-7-40(32-13-17-44-18-14-32)35-23-31(30-11-9-29(10-12-30)25-39-15-19-45-20-16-39)22-33(28(35)5)36(42)38-24-34-26(3)21-27(4)41(6,8-2)37(34)43/h9-12,22-23,26-27,32,34H,7-8,13-21,24-25H2,1-6H3/p+1. The molecule has 3 saturated heterocycles. The maximum Gasteiger partial charge on any atom is 0.318 e. The van der Waals surface area contributed by atoms with Gasteiger partial charge < -0.3 is 19.7 Å². The molecule has 2 aromatic rings. The van der Waals surface area contributed by atoms with E-state index in [0.29, 0.717) is 22.6 Å². The van der Waals surface area contributed by atoms with Gasteiger partial charge in [-0.05, 0) is 80.8 Å². The van der Waals surface area contributed by atoms with Gasteiger partial charge in [0.05, 0.1) is 38.8 Å². The van der Waals surface area contributed by atoms with Crippen molar-refractivity contribution in [2.24, 2.45) is 11.8 Å². The van der Waals surface area contributed by atoms with Crippen molar-refractivity contribution in [1.82, 2.24) is 10.2 Å². The third-order valence-corrected chi connectivity index (χ3v) is 11.0. The van der Waals surface area contributed by atoms with E-state index in [1.165, 1.54) is 5.56 Å². The maximum atomic E-state index is 14.0. The first kappa shape index (κ1) is 33.6. The summed E-state index contributed by atoms with van der Waals surface area (Å²) in [5, 5.41) is 3.22. The first-order chi connectivity index (χ1) is 21.7. The monoisotopic (exact) mass is 619 g/mol. The molecule has 2 amide bonds. The molecule has 8 heteroatoms. The number of nitrogens with one attached hydrogen (secondary N) is 1. The number of anilines is 1. The Kier molecular flexibility index (Phi) is 11.0. The van der Waals surface area contributed by atoms with E-state index in [-0.39, 0.29) is 29.7 Å². The summed E-state index contributed by atoms with van der Waals surface area (Å²) in [6.07, 6.45) is 2.93. The minimum absolute atomic E-state index is 0.105. The van der Waals surface area contributed by atoms with Crippen LogP contribution < -0.4 is 10.2 Å². The van der Waals surface area contributed by atoms with E-state index in [9.17, 15) is 9.59 Å². The summed E-state index contributed by atoms with van der Waals surface area (Å²) in [5.41, 5.74) is 6.19. The highest BCUT2D eigenvalue weighted by Crippen LogP contribution is 2.35. The average Bonchev–Trinajstić information content (AvgIpc) is 3.06. The first-order valence-electron chi connectivity index (χ1n) is 17.2. The lowest BCUT2D eigenvalue weighted by Gasteiger charge is -2.45. The SMILES string of the molecule is CCN(c1cc(-c2ccc(CN3CCOCC3)cc2)cc(C(=O)NCC2C(=O)[N+](C)(CC)C(C)CC2C)c1C)C1CCOCC1. The number of likely N-dealkylation sites (tertiary alicyclic amines) is 1. The number of benzene rings is 2. The van der Waals surface area contributed by atoms with Gasteiger partial charge in [0.15, 0.2) is 0 Å². The molecule has 0 aliphatic carbocycles. The van der Waals surface area contributed by atoms with Crippen molar-refractivity contribution in [3.05, 3.63) is 53.1 Å². The smallest absolute Gasteiger partial charge is 0.318 e. The molecule has 3 aliphatic rings. The lowest BCUT2D eigenvalue weighted by Crippen LogP contribution is -2.63. The second kappa shape index (κ2) is 14.8. The predicted molar refractivity (Wildman–Crippen MR) is 180 cm³/mol. The summed E-state index contributed by atoms with van der Waals surface area (Å²) in [6, 6.07) is 13.8. The average molecular weight is 620 g/mol. The van der Waals surface area contributed by atoms with Crippen LogP contribution in [0.15, 0.2) is 36.4 Å². The zero-order valence-corrected chi connectivity index (χ0v) is 28.4. The van der Waals surface area contributed by atoms with Crippen molar-refractivity contribution in [2.45, 2.75) is 72.5 Å². The summed E-state index contributed by atoms with van der Waals surface area (Å²) in [5.74, 6) is 0.177. The largest absolute Gasteiger partial charge is 0.381 e. The molecule has 3 fully saturated rings. The summed E-state index contributed by atoms with van der Waals surface area (Å²) < 4.78 is 11.6. The molecule has 1 N–H and O–H groups in total. The molecule has 4 unspecified atom stereocenters. The van der Waals surface area contributed by atoms with Crippen LogP contribution in [0.2, 0.25) is 0 Å². The van der Waals surface area contributed by atoms with Crippen molar-refractivity contribution in [3.63, 3.8) is 0 Å². The Morgan fingerprint density at radius 3 is 2.31 bits per heavy atom. The number of hydrogen-bond donors (Lipinski definition) is 1. The molecule has 0 radical (unpaired) electrons. The van der Waals surface area contributed by atoms with Crippen molar-refractivity contribution in [2.75, 3.05) is 71.1 Å². The van der Waals surface area contributed by atoms with Crippen LogP contribution in [0.4, 0.5) is 5.69 Å². The normalized spacial score (nSPS) is 26.5. The molecular weight excluding hydrogens is 564 g/mol. The molecule has 0 aromatic heterocycles. The van der Waals surface area contributed by atoms with Crippen LogP contribution in [0.25, 0.3) is 11.1 Å². The fraction of sp³-hybridized carbons (Fsp3) is 0.622. The summed E-state index contributed by atoms with van der Waals surface area (Å²) >= 11 is 0. The van der Waals surface area contributed by atoms with Gasteiger partial charge in [-0.1, -0.05) is 31.2 Å². The van der Waals surface area contributed by atoms with E-state index in [0.717, 1.165) is 101 Å². The number of carbonyl (C=O) groups is 2. The van der Waals surface area contributed by atoms with Gasteiger partial charge in [0, 0.05) is 69.7 Å². The van der Waals surface area contributed by atoms with E-state index in [2.05, 4.69) is 87.1 Å². The molecule has 2 aromatic carbocycles. The number of morpholine rings is 1. The second-order valence-corrected chi connectivity index (χ2v) is 13.7. The lowest BCUT2D eigenvalue weighted by molar-refractivity contribution is -0.863. The minimum atomic E-state index is -0.188. The number of piperidine rings is 1. The number of hydrogen-bond acceptors (Lipinski definition) is 6. The van der Waals surface area contributed by atoms with E-state index in [4.69, 9.17) is 9.47 Å². The van der Waals surface area contributed by atoms with Crippen molar-refractivity contribution < 1.29 is 23.5 Å². The van der Waals surface area contributed by atoms with Crippen LogP contribution in [-0.4, -0.2) is 99.5 Å². The molecule has 246 valence electrons. The van der Waals surface area contributed by atoms with Crippen molar-refractivity contribution in [3.8, 4) is 11.1 Å². The Morgan fingerprint density at radius 1 is 1.00 bits per heavy atom. The number of amides is 2. The topological polar surface area (TPSA) is 71.1 Å². The molecule has 0 spiro atoms. The number of ether oxygens (including phenoxy) is 2. The van der Waals surface area contributed by atoms with Gasteiger partial charge in [-0.15, -0.1) is 0 Å². The van der Waals surface area contributed by atoms with Crippen LogP contribution in [-0.2, 0) is 20.8 Å². The van der Waals surface area contributed by atoms with Gasteiger partial charge in [0.25, 0.3) is 5.91 Å². The Labute approximate surface area is 270 Å². The second-order valence-electron chi connectivity index (χ2n) is 13.7. The highest BCUT2D eigenvalue weighted by Gasteiger charge is 2.48. The number of rotatable bonds is 10. The van der Waals surface area contributed by atoms with E-state index in [1.807, 2.05) is 6.07 Å². The zero-order chi connectivity index (χ0) is 32.1. The zero-order valence-electron chi connectivity index (χ0n) is 28.4. The van der Waals surface area contributed by atoms with E-state index >= 15 is 0 Å². The van der Waals surface area contributed by atoms with Gasteiger partial charge in [0.1, 0.15) is 0 Å². The highest BCUT2D eigenvalue weighted by molar-refractivity contribution is 5.99. The quantitative estimate of drug-likeness (QED) is 0.366. The number of carbonyl (C=O) groups excluding carboxylic acids is 2. The Morgan fingerprint density at radius 2 is 1.67 bits per heavy atom. The molecule has 0 saturated carbocycles. The Balaban J connectivity index is 1.43. The first-order valence-corrected chi connectivity index (χ1v) is 17.2. The third-order valence-electron chi connectivity index (χ3n) is 11.0. The van der Waals surface area contributed by atoms with Crippen LogP contribution in [0.3, 0.4) is 0 Å². The molecule has 0 bridgehead atoms. The number of quaternary nitrogens is 1. The summed E-state index contributed by atoms with van der Waals surface area (Å²) in [7, 11) is 2.05. The highest BCUT2D eigenvalue weighted by atomic mass is 16.5. The molecule has 5 rings (SSSR count). The predicted octanol–water partition coefficient (Wildman–Crippen LogP) is 5.27. The van der Waals surface area contributed by atoms with Crippen LogP contribution >= 0.6 is 0 Å². The van der Waals surface area contributed by atoms with Gasteiger partial charge in [-0.3, -0.25) is 14.2 Å². The molecule has 45 heavy (non-hydrogen) atoms. The molecule has 4 atom stereocenters. The summed E-state index contributed by atoms with van der Waals surface area (Å²) in [4.78, 5) is 32.6. The van der Waals surface area contributed by atoms with Gasteiger partial charge in [-0.2, -0.15) is 0 Å². The third kappa shape index (κ3) is 7.30.